The highest BCUT2D eigenvalue weighted by atomic mass is 19.1. The van der Waals surface area contributed by atoms with Crippen LogP contribution in [0.25, 0.3) is 11.0 Å². The smallest absolute Gasteiger partial charge is 0.349 e. The van der Waals surface area contributed by atoms with E-state index in [0.717, 1.165) is 12.0 Å². The van der Waals surface area contributed by atoms with E-state index in [4.69, 9.17) is 14.9 Å². The molecule has 1 amide bonds. The number of nitrogens with one attached hydrogen (secondary N) is 1. The van der Waals surface area contributed by atoms with E-state index in [1.807, 2.05) is 6.92 Å². The molecule has 6 nitrogen and oxygen atoms in total. The largest absolute Gasteiger partial charge is 0.490 e. The standard InChI is InChI=1S/C22H23FN2O4/c1-2-3-17-19(28-11-10-23)9-6-15-12-18(22(27)29-20(15)17)21(26)25-16-7-4-14(13-24)5-8-16/h4-9,12H,2-3,10-11,13,24H2,1H3,(H,25,26). The zero-order valence-corrected chi connectivity index (χ0v) is 16.2. The number of fused-ring (bicyclic) bond motifs is 1. The molecule has 0 fully saturated rings. The zero-order chi connectivity index (χ0) is 20.8. The predicted molar refractivity (Wildman–Crippen MR) is 110 cm³/mol. The maximum absolute atomic E-state index is 12.6. The van der Waals surface area contributed by atoms with Gasteiger partial charge in [0.1, 0.15) is 30.2 Å². The van der Waals surface area contributed by atoms with Crippen molar-refractivity contribution >= 4 is 22.6 Å². The van der Waals surface area contributed by atoms with Crippen molar-refractivity contribution < 1.29 is 18.3 Å². The summed E-state index contributed by atoms with van der Waals surface area (Å²) in [6.07, 6.45) is 1.39. The van der Waals surface area contributed by atoms with Crippen LogP contribution in [0.2, 0.25) is 0 Å². The average molecular weight is 398 g/mol. The van der Waals surface area contributed by atoms with Gasteiger partial charge in [0.15, 0.2) is 0 Å². The van der Waals surface area contributed by atoms with E-state index in [1.165, 1.54) is 6.07 Å². The topological polar surface area (TPSA) is 94.6 Å². The summed E-state index contributed by atoms with van der Waals surface area (Å²) < 4.78 is 23.4. The van der Waals surface area contributed by atoms with E-state index >= 15 is 0 Å². The molecular weight excluding hydrogens is 375 g/mol. The fourth-order valence-electron chi connectivity index (χ4n) is 3.08. The van der Waals surface area contributed by atoms with Crippen LogP contribution in [-0.4, -0.2) is 19.2 Å². The number of halogens is 1. The first-order valence-corrected chi connectivity index (χ1v) is 9.46. The van der Waals surface area contributed by atoms with Gasteiger partial charge in [0.2, 0.25) is 0 Å². The lowest BCUT2D eigenvalue weighted by Gasteiger charge is -2.12. The van der Waals surface area contributed by atoms with Crippen LogP contribution >= 0.6 is 0 Å². The van der Waals surface area contributed by atoms with Gasteiger partial charge < -0.3 is 20.2 Å². The Bertz CT molecular complexity index is 1060. The maximum atomic E-state index is 12.6. The van der Waals surface area contributed by atoms with Crippen LogP contribution in [0.15, 0.2) is 51.7 Å². The third-order valence-electron chi connectivity index (χ3n) is 4.49. The van der Waals surface area contributed by atoms with Crippen LogP contribution in [0, 0.1) is 0 Å². The van der Waals surface area contributed by atoms with Gasteiger partial charge >= 0.3 is 5.63 Å². The second kappa shape index (κ2) is 9.34. The SMILES string of the molecule is CCCc1c(OCCF)ccc2cc(C(=O)Nc3ccc(CN)cc3)c(=O)oc12. The van der Waals surface area contributed by atoms with E-state index < -0.39 is 18.2 Å². The first-order chi connectivity index (χ1) is 14.1. The summed E-state index contributed by atoms with van der Waals surface area (Å²) in [4.78, 5) is 25.1. The van der Waals surface area contributed by atoms with Crippen molar-refractivity contribution in [2.24, 2.45) is 5.73 Å². The third-order valence-corrected chi connectivity index (χ3v) is 4.49. The molecule has 0 atom stereocenters. The predicted octanol–water partition coefficient (Wildman–Crippen LogP) is 3.80. The number of rotatable bonds is 8. The normalized spacial score (nSPS) is 10.9. The molecule has 152 valence electrons. The second-order valence-corrected chi connectivity index (χ2v) is 6.55. The Balaban J connectivity index is 1.95. The molecule has 0 aliphatic carbocycles. The van der Waals surface area contributed by atoms with E-state index in [1.54, 1.807) is 36.4 Å². The van der Waals surface area contributed by atoms with Gasteiger partial charge in [-0.2, -0.15) is 0 Å². The molecule has 3 aromatic rings. The van der Waals surface area contributed by atoms with Crippen molar-refractivity contribution in [3.05, 3.63) is 69.6 Å². The number of ether oxygens (including phenoxy) is 1. The fraction of sp³-hybridized carbons (Fsp3) is 0.273. The van der Waals surface area contributed by atoms with E-state index in [9.17, 15) is 14.0 Å². The van der Waals surface area contributed by atoms with Crippen molar-refractivity contribution in [3.8, 4) is 5.75 Å². The number of benzene rings is 2. The minimum atomic E-state index is -0.742. The van der Waals surface area contributed by atoms with Crippen molar-refractivity contribution in [2.75, 3.05) is 18.6 Å². The van der Waals surface area contributed by atoms with Crippen LogP contribution in [0.3, 0.4) is 0 Å². The molecule has 0 aliphatic heterocycles. The molecule has 7 heteroatoms. The van der Waals surface area contributed by atoms with Crippen molar-refractivity contribution in [3.63, 3.8) is 0 Å². The number of amides is 1. The lowest BCUT2D eigenvalue weighted by molar-refractivity contribution is 0.102. The molecular formula is C22H23FN2O4. The first-order valence-electron chi connectivity index (χ1n) is 9.46. The maximum Gasteiger partial charge on any atom is 0.349 e. The Kier molecular flexibility index (Phi) is 6.61. The molecule has 3 N–H and O–H groups in total. The van der Waals surface area contributed by atoms with Gasteiger partial charge in [-0.05, 0) is 42.3 Å². The summed E-state index contributed by atoms with van der Waals surface area (Å²) in [6, 6.07) is 11.9. The molecule has 29 heavy (non-hydrogen) atoms. The summed E-state index contributed by atoms with van der Waals surface area (Å²) in [5, 5.41) is 3.29. The van der Waals surface area contributed by atoms with Gasteiger partial charge in [-0.25, -0.2) is 9.18 Å². The Morgan fingerprint density at radius 3 is 2.62 bits per heavy atom. The number of anilines is 1. The van der Waals surface area contributed by atoms with Crippen LogP contribution in [0.4, 0.5) is 10.1 Å². The van der Waals surface area contributed by atoms with Crippen LogP contribution in [-0.2, 0) is 13.0 Å². The first kappa shape index (κ1) is 20.5. The van der Waals surface area contributed by atoms with Crippen LogP contribution in [0.1, 0.15) is 34.8 Å². The molecule has 3 rings (SSSR count). The zero-order valence-electron chi connectivity index (χ0n) is 16.2. The molecule has 0 saturated carbocycles. The molecule has 2 aromatic carbocycles. The van der Waals surface area contributed by atoms with Crippen LogP contribution in [0.5, 0.6) is 5.75 Å². The number of carbonyl (C=O) groups excluding carboxylic acids is 1. The molecule has 0 saturated heterocycles. The van der Waals surface area contributed by atoms with Gasteiger partial charge in [-0.1, -0.05) is 25.5 Å². The highest BCUT2D eigenvalue weighted by molar-refractivity contribution is 6.05. The van der Waals surface area contributed by atoms with Gasteiger partial charge in [-0.15, -0.1) is 0 Å². The number of carbonyl (C=O) groups is 1. The van der Waals surface area contributed by atoms with Crippen molar-refractivity contribution in [2.45, 2.75) is 26.3 Å². The van der Waals surface area contributed by atoms with Gasteiger partial charge in [-0.3, -0.25) is 4.79 Å². The van der Waals surface area contributed by atoms with E-state index in [0.29, 0.717) is 40.9 Å². The number of alkyl halides is 1. The number of nitrogens with two attached hydrogens (primary N) is 1. The molecule has 1 heterocycles. The van der Waals surface area contributed by atoms with Crippen molar-refractivity contribution in [1.82, 2.24) is 0 Å². The fourth-order valence-corrected chi connectivity index (χ4v) is 3.08. The summed E-state index contributed by atoms with van der Waals surface area (Å²) in [5.41, 5.74) is 7.26. The van der Waals surface area contributed by atoms with Gasteiger partial charge in [0.05, 0.1) is 0 Å². The Labute approximate surface area is 167 Å². The summed E-state index contributed by atoms with van der Waals surface area (Å²) in [7, 11) is 0. The summed E-state index contributed by atoms with van der Waals surface area (Å²) >= 11 is 0. The number of hydrogen-bond donors (Lipinski definition) is 2. The highest BCUT2D eigenvalue weighted by Crippen LogP contribution is 2.29. The Morgan fingerprint density at radius 1 is 1.21 bits per heavy atom. The van der Waals surface area contributed by atoms with Gasteiger partial charge in [0.25, 0.3) is 5.91 Å². The minimum Gasteiger partial charge on any atom is -0.490 e. The highest BCUT2D eigenvalue weighted by Gasteiger charge is 2.18. The lowest BCUT2D eigenvalue weighted by atomic mass is 10.0. The van der Waals surface area contributed by atoms with E-state index in [-0.39, 0.29) is 12.2 Å². The number of hydrogen-bond acceptors (Lipinski definition) is 5. The third kappa shape index (κ3) is 4.63. The van der Waals surface area contributed by atoms with Crippen molar-refractivity contribution in [1.29, 1.82) is 0 Å². The second-order valence-electron chi connectivity index (χ2n) is 6.55. The molecule has 1 aromatic heterocycles. The molecule has 0 aliphatic rings. The van der Waals surface area contributed by atoms with E-state index in [2.05, 4.69) is 5.32 Å². The Hall–Kier alpha value is -3.19. The van der Waals surface area contributed by atoms with Crippen LogP contribution < -0.4 is 21.4 Å². The number of aryl methyl sites for hydroxylation is 1. The monoisotopic (exact) mass is 398 g/mol. The lowest BCUT2D eigenvalue weighted by Crippen LogP contribution is -2.21. The van der Waals surface area contributed by atoms with Gasteiger partial charge in [0, 0.05) is 23.2 Å². The summed E-state index contributed by atoms with van der Waals surface area (Å²) in [6.45, 7) is 1.70. The molecule has 0 spiro atoms. The molecule has 0 bridgehead atoms. The molecule has 0 radical (unpaired) electrons. The minimum absolute atomic E-state index is 0.0735. The Morgan fingerprint density at radius 2 is 1.97 bits per heavy atom. The summed E-state index contributed by atoms with van der Waals surface area (Å²) in [5.74, 6) is -0.0757. The molecule has 0 unspecified atom stereocenters. The average Bonchev–Trinajstić information content (AvgIpc) is 2.73. The quantitative estimate of drug-likeness (QED) is 0.563.